The molecule has 26 heavy (non-hydrogen) atoms. The van der Waals surface area contributed by atoms with E-state index in [1.165, 1.54) is 0 Å². The Morgan fingerprint density at radius 1 is 1.19 bits per heavy atom. The molecule has 0 fully saturated rings. The zero-order chi connectivity index (χ0) is 18.5. The summed E-state index contributed by atoms with van der Waals surface area (Å²) in [5.41, 5.74) is 4.07. The third kappa shape index (κ3) is 4.55. The van der Waals surface area contributed by atoms with Crippen LogP contribution in [0.2, 0.25) is 0 Å². The van der Waals surface area contributed by atoms with Crippen molar-refractivity contribution in [3.05, 3.63) is 64.7 Å². The number of ketones is 1. The van der Waals surface area contributed by atoms with Gasteiger partial charge in [-0.1, -0.05) is 17.8 Å². The van der Waals surface area contributed by atoms with Gasteiger partial charge < -0.3 is 10.4 Å². The quantitative estimate of drug-likeness (QED) is 0.602. The van der Waals surface area contributed by atoms with Crippen LogP contribution in [-0.2, 0) is 0 Å². The molecule has 0 aromatic heterocycles. The first-order chi connectivity index (χ1) is 12.5. The Balaban J connectivity index is 1.67. The summed E-state index contributed by atoms with van der Waals surface area (Å²) in [6.45, 7) is 4.57. The number of anilines is 1. The van der Waals surface area contributed by atoms with Crippen molar-refractivity contribution in [1.29, 1.82) is 0 Å². The first kappa shape index (κ1) is 18.3. The summed E-state index contributed by atoms with van der Waals surface area (Å²) < 4.78 is 0. The Morgan fingerprint density at radius 3 is 2.50 bits per heavy atom. The van der Waals surface area contributed by atoms with E-state index in [4.69, 9.17) is 0 Å². The van der Waals surface area contributed by atoms with Gasteiger partial charge in [-0.25, -0.2) is 0 Å². The molecular formula is C21H22N2O2S. The maximum Gasteiger partial charge on any atom is 0.185 e. The highest BCUT2D eigenvalue weighted by molar-refractivity contribution is 8.14. The minimum absolute atomic E-state index is 0.0516. The highest BCUT2D eigenvalue weighted by Crippen LogP contribution is 2.23. The lowest BCUT2D eigenvalue weighted by Gasteiger charge is -2.13. The molecule has 0 unspecified atom stereocenters. The summed E-state index contributed by atoms with van der Waals surface area (Å²) in [5, 5.41) is 14.0. The number of aromatic hydroxyl groups is 1. The van der Waals surface area contributed by atoms with Crippen LogP contribution in [0.4, 0.5) is 5.69 Å². The van der Waals surface area contributed by atoms with Gasteiger partial charge in [-0.05, 0) is 79.4 Å². The number of carbonyl (C=O) groups is 1. The smallest absolute Gasteiger partial charge is 0.185 e. The zero-order valence-corrected chi connectivity index (χ0v) is 15.8. The summed E-state index contributed by atoms with van der Waals surface area (Å²) in [6, 6.07) is 11.2. The predicted molar refractivity (Wildman–Crippen MR) is 110 cm³/mol. The van der Waals surface area contributed by atoms with Crippen LogP contribution in [0.25, 0.3) is 6.08 Å². The number of amidine groups is 1. The Hall–Kier alpha value is -2.53. The SMILES string of the molecule is Cc1cc(/C=C/C(=O)c2ccc(NC3=NCCCS3)cc2)cc(C)c1O. The van der Waals surface area contributed by atoms with Gasteiger partial charge in [0.05, 0.1) is 0 Å². The summed E-state index contributed by atoms with van der Waals surface area (Å²) in [4.78, 5) is 16.8. The van der Waals surface area contributed by atoms with Crippen LogP contribution in [0.3, 0.4) is 0 Å². The van der Waals surface area contributed by atoms with Gasteiger partial charge in [0.25, 0.3) is 0 Å². The number of nitrogens with one attached hydrogen (secondary N) is 1. The van der Waals surface area contributed by atoms with Gasteiger partial charge in [-0.2, -0.15) is 0 Å². The molecule has 1 aliphatic rings. The average Bonchev–Trinajstić information content (AvgIpc) is 2.65. The van der Waals surface area contributed by atoms with Crippen molar-refractivity contribution in [2.45, 2.75) is 20.3 Å². The van der Waals surface area contributed by atoms with Crippen molar-refractivity contribution in [2.24, 2.45) is 4.99 Å². The number of rotatable bonds is 4. The fraction of sp³-hybridized carbons (Fsp3) is 0.238. The third-order valence-corrected chi connectivity index (χ3v) is 5.16. The third-order valence-electron chi connectivity index (χ3n) is 4.16. The lowest BCUT2D eigenvalue weighted by Crippen LogP contribution is -2.13. The second-order valence-corrected chi connectivity index (χ2v) is 7.38. The van der Waals surface area contributed by atoms with Crippen LogP contribution < -0.4 is 5.32 Å². The van der Waals surface area contributed by atoms with E-state index >= 15 is 0 Å². The summed E-state index contributed by atoms with van der Waals surface area (Å²) in [7, 11) is 0. The molecule has 5 heteroatoms. The number of aliphatic imine (C=N–C) groups is 1. The minimum atomic E-state index is -0.0516. The molecule has 0 saturated heterocycles. The number of aryl methyl sites for hydroxylation is 2. The van der Waals surface area contributed by atoms with E-state index in [2.05, 4.69) is 10.3 Å². The molecule has 134 valence electrons. The molecule has 0 radical (unpaired) electrons. The highest BCUT2D eigenvalue weighted by atomic mass is 32.2. The van der Waals surface area contributed by atoms with Gasteiger partial charge >= 0.3 is 0 Å². The normalized spacial score (nSPS) is 14.3. The fourth-order valence-corrected chi connectivity index (χ4v) is 3.57. The molecule has 0 aliphatic carbocycles. The first-order valence-electron chi connectivity index (χ1n) is 8.60. The number of allylic oxidation sites excluding steroid dienone is 1. The van der Waals surface area contributed by atoms with E-state index in [-0.39, 0.29) is 5.78 Å². The number of carbonyl (C=O) groups excluding carboxylic acids is 1. The van der Waals surface area contributed by atoms with Gasteiger partial charge in [0.1, 0.15) is 5.75 Å². The maximum absolute atomic E-state index is 12.4. The molecule has 2 N–H and O–H groups in total. The summed E-state index contributed by atoms with van der Waals surface area (Å²) in [6.07, 6.45) is 4.46. The van der Waals surface area contributed by atoms with Gasteiger partial charge in [0.2, 0.25) is 0 Å². The van der Waals surface area contributed by atoms with E-state index < -0.39 is 0 Å². The molecule has 0 amide bonds. The highest BCUT2D eigenvalue weighted by Gasteiger charge is 2.07. The van der Waals surface area contributed by atoms with Crippen molar-refractivity contribution in [2.75, 3.05) is 17.6 Å². The van der Waals surface area contributed by atoms with Gasteiger partial charge in [0, 0.05) is 23.5 Å². The van der Waals surface area contributed by atoms with E-state index in [1.807, 2.05) is 50.2 Å². The van der Waals surface area contributed by atoms with Crippen molar-refractivity contribution in [1.82, 2.24) is 0 Å². The fourth-order valence-electron chi connectivity index (χ4n) is 2.73. The lowest BCUT2D eigenvalue weighted by atomic mass is 10.0. The molecule has 0 atom stereocenters. The second kappa shape index (κ2) is 8.23. The number of hydrogen-bond acceptors (Lipinski definition) is 5. The summed E-state index contributed by atoms with van der Waals surface area (Å²) in [5.74, 6) is 1.34. The topological polar surface area (TPSA) is 61.7 Å². The minimum Gasteiger partial charge on any atom is -0.507 e. The molecule has 1 aliphatic heterocycles. The van der Waals surface area contributed by atoms with Crippen LogP contribution in [0, 0.1) is 13.8 Å². The van der Waals surface area contributed by atoms with E-state index in [1.54, 1.807) is 23.9 Å². The van der Waals surface area contributed by atoms with Crippen molar-refractivity contribution in [3.8, 4) is 5.75 Å². The van der Waals surface area contributed by atoms with Crippen LogP contribution >= 0.6 is 11.8 Å². The van der Waals surface area contributed by atoms with Gasteiger partial charge in [-0.3, -0.25) is 9.79 Å². The number of hydrogen-bond donors (Lipinski definition) is 2. The Morgan fingerprint density at radius 2 is 1.88 bits per heavy atom. The zero-order valence-electron chi connectivity index (χ0n) is 15.0. The number of phenolic OH excluding ortho intramolecular Hbond substituents is 1. The molecule has 0 saturated carbocycles. The van der Waals surface area contributed by atoms with Crippen LogP contribution in [0.1, 0.15) is 33.5 Å². The molecule has 0 spiro atoms. The molecule has 2 aromatic rings. The monoisotopic (exact) mass is 366 g/mol. The summed E-state index contributed by atoms with van der Waals surface area (Å²) >= 11 is 1.72. The van der Waals surface area contributed by atoms with Crippen LogP contribution in [0.15, 0.2) is 47.5 Å². The van der Waals surface area contributed by atoms with Crippen molar-refractivity contribution in [3.63, 3.8) is 0 Å². The predicted octanol–water partition coefficient (Wildman–Crippen LogP) is 4.81. The van der Waals surface area contributed by atoms with Gasteiger partial charge in [0.15, 0.2) is 11.0 Å². The number of thioether (sulfide) groups is 1. The number of benzene rings is 2. The maximum atomic E-state index is 12.4. The molecule has 1 heterocycles. The number of phenols is 1. The lowest BCUT2D eigenvalue weighted by molar-refractivity contribution is 0.104. The van der Waals surface area contributed by atoms with Crippen molar-refractivity contribution >= 4 is 34.5 Å². The standard InChI is InChI=1S/C21H22N2O2S/c1-14-12-16(13-15(2)20(14)25)4-9-19(24)17-5-7-18(8-6-17)23-21-22-10-3-11-26-21/h4-9,12-13,25H,3,10-11H2,1-2H3,(H,22,23)/b9-4+. The Kier molecular flexibility index (Phi) is 5.78. The Labute approximate surface area is 158 Å². The molecule has 0 bridgehead atoms. The Bertz CT molecular complexity index is 847. The number of nitrogens with zero attached hydrogens (tertiary/aromatic N) is 1. The molecular weight excluding hydrogens is 344 g/mol. The van der Waals surface area contributed by atoms with Crippen LogP contribution in [-0.4, -0.2) is 28.4 Å². The van der Waals surface area contributed by atoms with E-state index in [0.29, 0.717) is 11.3 Å². The van der Waals surface area contributed by atoms with E-state index in [9.17, 15) is 9.90 Å². The second-order valence-electron chi connectivity index (χ2n) is 6.29. The average molecular weight is 366 g/mol. The van der Waals surface area contributed by atoms with E-state index in [0.717, 1.165) is 46.3 Å². The molecule has 2 aromatic carbocycles. The largest absolute Gasteiger partial charge is 0.507 e. The van der Waals surface area contributed by atoms with Gasteiger partial charge in [-0.15, -0.1) is 0 Å². The molecule has 4 nitrogen and oxygen atoms in total. The first-order valence-corrected chi connectivity index (χ1v) is 9.58. The van der Waals surface area contributed by atoms with Crippen molar-refractivity contribution < 1.29 is 9.90 Å². The molecule has 3 rings (SSSR count). The van der Waals surface area contributed by atoms with Crippen LogP contribution in [0.5, 0.6) is 5.75 Å².